The molecular formula is C19H19Cl2FN2O2. The average Bonchev–Trinajstić information content (AvgIpc) is 2.62. The normalized spacial score (nSPS) is 14.2. The lowest BCUT2D eigenvalue weighted by atomic mass is 10.1. The number of anilines is 2. The van der Waals surface area contributed by atoms with E-state index in [1.54, 1.807) is 12.1 Å². The third-order valence-corrected chi connectivity index (χ3v) is 4.93. The molecule has 0 aliphatic carbocycles. The van der Waals surface area contributed by atoms with Crippen molar-refractivity contribution < 1.29 is 13.9 Å². The number of hydrogen-bond donors (Lipinski definition) is 1. The summed E-state index contributed by atoms with van der Waals surface area (Å²) in [5.41, 5.74) is 1.20. The number of nitrogens with zero attached hydrogens (tertiary/aromatic N) is 1. The van der Waals surface area contributed by atoms with Gasteiger partial charge in [-0.05, 0) is 49.6 Å². The van der Waals surface area contributed by atoms with E-state index in [4.69, 9.17) is 27.9 Å². The number of piperidine rings is 1. The van der Waals surface area contributed by atoms with Gasteiger partial charge in [-0.2, -0.15) is 0 Å². The van der Waals surface area contributed by atoms with Crippen molar-refractivity contribution in [1.29, 1.82) is 0 Å². The van der Waals surface area contributed by atoms with Crippen LogP contribution < -0.4 is 15.0 Å². The maximum Gasteiger partial charge on any atom is 0.255 e. The molecule has 1 aliphatic rings. The molecule has 0 bridgehead atoms. The molecule has 1 N–H and O–H groups in total. The molecule has 7 heteroatoms. The molecule has 3 rings (SSSR count). The number of carbonyl (C=O) groups is 1. The van der Waals surface area contributed by atoms with E-state index in [2.05, 4.69) is 5.32 Å². The predicted octanol–water partition coefficient (Wildman–Crippen LogP) is 5.38. The predicted molar refractivity (Wildman–Crippen MR) is 103 cm³/mol. The fraction of sp³-hybridized carbons (Fsp3) is 0.316. The maximum absolute atomic E-state index is 14.5. The van der Waals surface area contributed by atoms with Crippen molar-refractivity contribution in [3.05, 3.63) is 51.8 Å². The molecule has 1 aliphatic heterocycles. The van der Waals surface area contributed by atoms with E-state index in [0.717, 1.165) is 25.9 Å². The molecule has 138 valence electrons. The SMILES string of the molecule is COc1c(Cl)cc(C(=O)Nc2ccc(N3CCCCC3)c(F)c2)cc1Cl. The number of ether oxygens (including phenoxy) is 1. The van der Waals surface area contributed by atoms with Crippen LogP contribution in [-0.4, -0.2) is 26.1 Å². The van der Waals surface area contributed by atoms with Crippen LogP contribution in [0.3, 0.4) is 0 Å². The van der Waals surface area contributed by atoms with Gasteiger partial charge in [0.25, 0.3) is 5.91 Å². The lowest BCUT2D eigenvalue weighted by Crippen LogP contribution is -2.30. The molecule has 1 fully saturated rings. The van der Waals surface area contributed by atoms with Crippen molar-refractivity contribution in [3.63, 3.8) is 0 Å². The van der Waals surface area contributed by atoms with Crippen molar-refractivity contribution >= 4 is 40.5 Å². The number of carbonyl (C=O) groups excluding carboxylic acids is 1. The zero-order chi connectivity index (χ0) is 18.7. The first-order valence-corrected chi connectivity index (χ1v) is 9.14. The number of amides is 1. The van der Waals surface area contributed by atoms with Crippen LogP contribution >= 0.6 is 23.2 Å². The van der Waals surface area contributed by atoms with Crippen molar-refractivity contribution in [3.8, 4) is 5.75 Å². The second kappa shape index (κ2) is 8.14. The van der Waals surface area contributed by atoms with Crippen LogP contribution in [0.15, 0.2) is 30.3 Å². The van der Waals surface area contributed by atoms with E-state index < -0.39 is 5.91 Å². The first-order chi connectivity index (χ1) is 12.5. The number of rotatable bonds is 4. The minimum Gasteiger partial charge on any atom is -0.494 e. The number of methoxy groups -OCH3 is 1. The maximum atomic E-state index is 14.5. The van der Waals surface area contributed by atoms with Crippen LogP contribution in [0.4, 0.5) is 15.8 Å². The summed E-state index contributed by atoms with van der Waals surface area (Å²) in [5.74, 6) is -0.473. The van der Waals surface area contributed by atoms with Gasteiger partial charge >= 0.3 is 0 Å². The Morgan fingerprint density at radius 2 is 1.77 bits per heavy atom. The Labute approximate surface area is 161 Å². The van der Waals surface area contributed by atoms with E-state index in [1.165, 1.54) is 31.7 Å². The van der Waals surface area contributed by atoms with Crippen molar-refractivity contribution in [2.45, 2.75) is 19.3 Å². The quantitative estimate of drug-likeness (QED) is 0.753. The van der Waals surface area contributed by atoms with E-state index >= 15 is 0 Å². The zero-order valence-corrected chi connectivity index (χ0v) is 15.8. The molecule has 26 heavy (non-hydrogen) atoms. The second-order valence-corrected chi connectivity index (χ2v) is 6.96. The fourth-order valence-corrected chi connectivity index (χ4v) is 3.71. The summed E-state index contributed by atoms with van der Waals surface area (Å²) < 4.78 is 19.5. The molecule has 0 radical (unpaired) electrons. The van der Waals surface area contributed by atoms with Crippen LogP contribution in [0.2, 0.25) is 10.0 Å². The number of benzene rings is 2. The van der Waals surface area contributed by atoms with Crippen LogP contribution in [0.1, 0.15) is 29.6 Å². The molecule has 1 saturated heterocycles. The lowest BCUT2D eigenvalue weighted by Gasteiger charge is -2.29. The monoisotopic (exact) mass is 396 g/mol. The third-order valence-electron chi connectivity index (χ3n) is 4.37. The van der Waals surface area contributed by atoms with Gasteiger partial charge in [0.1, 0.15) is 5.82 Å². The van der Waals surface area contributed by atoms with Crippen molar-refractivity contribution in [2.24, 2.45) is 0 Å². The van der Waals surface area contributed by atoms with Gasteiger partial charge in [-0.1, -0.05) is 23.2 Å². The Kier molecular flexibility index (Phi) is 5.89. The summed E-state index contributed by atoms with van der Waals surface area (Å²) >= 11 is 12.1. The average molecular weight is 397 g/mol. The smallest absolute Gasteiger partial charge is 0.255 e. The van der Waals surface area contributed by atoms with Gasteiger partial charge in [0, 0.05) is 24.3 Å². The summed E-state index contributed by atoms with van der Waals surface area (Å²) in [5, 5.41) is 3.13. The number of halogens is 3. The first-order valence-electron chi connectivity index (χ1n) is 8.38. The molecule has 0 atom stereocenters. The highest BCUT2D eigenvalue weighted by Gasteiger charge is 2.17. The Morgan fingerprint density at radius 3 is 2.35 bits per heavy atom. The summed E-state index contributed by atoms with van der Waals surface area (Å²) in [4.78, 5) is 14.4. The van der Waals surface area contributed by atoms with E-state index in [-0.39, 0.29) is 21.4 Å². The Bertz CT molecular complexity index is 800. The van der Waals surface area contributed by atoms with E-state index in [1.807, 2.05) is 4.90 Å². The number of hydrogen-bond acceptors (Lipinski definition) is 3. The third kappa shape index (κ3) is 4.05. The summed E-state index contributed by atoms with van der Waals surface area (Å²) in [6.07, 6.45) is 3.31. The van der Waals surface area contributed by atoms with Gasteiger partial charge in [0.15, 0.2) is 5.75 Å². The summed E-state index contributed by atoms with van der Waals surface area (Å²) in [6, 6.07) is 7.64. The van der Waals surface area contributed by atoms with Crippen LogP contribution in [0, 0.1) is 5.82 Å². The molecule has 0 saturated carbocycles. The van der Waals surface area contributed by atoms with Crippen LogP contribution in [0.5, 0.6) is 5.75 Å². The van der Waals surface area contributed by atoms with Crippen molar-refractivity contribution in [2.75, 3.05) is 30.4 Å². The standard InChI is InChI=1S/C19H19Cl2FN2O2/c1-26-18-14(20)9-12(10-15(18)21)19(25)23-13-5-6-17(16(22)11-13)24-7-3-2-4-8-24/h5-6,9-11H,2-4,7-8H2,1H3,(H,23,25). The molecule has 2 aromatic carbocycles. The van der Waals surface area contributed by atoms with Gasteiger partial charge < -0.3 is 15.0 Å². The Balaban J connectivity index is 1.76. The topological polar surface area (TPSA) is 41.6 Å². The highest BCUT2D eigenvalue weighted by Crippen LogP contribution is 2.34. The first kappa shape index (κ1) is 18.8. The molecule has 1 amide bonds. The number of nitrogens with one attached hydrogen (secondary N) is 1. The van der Waals surface area contributed by atoms with Crippen LogP contribution in [0.25, 0.3) is 0 Å². The lowest BCUT2D eigenvalue weighted by molar-refractivity contribution is 0.102. The molecule has 0 aromatic heterocycles. The molecule has 2 aromatic rings. The minimum absolute atomic E-state index is 0.233. The summed E-state index contributed by atoms with van der Waals surface area (Å²) in [6.45, 7) is 1.71. The minimum atomic E-state index is -0.429. The van der Waals surface area contributed by atoms with Gasteiger partial charge in [0.2, 0.25) is 0 Å². The van der Waals surface area contributed by atoms with Gasteiger partial charge in [-0.3, -0.25) is 4.79 Å². The molecule has 0 unspecified atom stereocenters. The second-order valence-electron chi connectivity index (χ2n) is 6.14. The van der Waals surface area contributed by atoms with Crippen molar-refractivity contribution in [1.82, 2.24) is 0 Å². The van der Waals surface area contributed by atoms with E-state index in [0.29, 0.717) is 17.1 Å². The Hall–Kier alpha value is -1.98. The highest BCUT2D eigenvalue weighted by atomic mass is 35.5. The largest absolute Gasteiger partial charge is 0.494 e. The fourth-order valence-electron chi connectivity index (χ4n) is 3.07. The van der Waals surface area contributed by atoms with Gasteiger partial charge in [-0.25, -0.2) is 4.39 Å². The highest BCUT2D eigenvalue weighted by molar-refractivity contribution is 6.37. The zero-order valence-electron chi connectivity index (χ0n) is 14.3. The Morgan fingerprint density at radius 1 is 1.12 bits per heavy atom. The summed E-state index contributed by atoms with van der Waals surface area (Å²) in [7, 11) is 1.44. The van der Waals surface area contributed by atoms with Crippen LogP contribution in [-0.2, 0) is 0 Å². The molecular weight excluding hydrogens is 378 g/mol. The molecule has 1 heterocycles. The van der Waals surface area contributed by atoms with E-state index in [9.17, 15) is 9.18 Å². The molecule has 4 nitrogen and oxygen atoms in total. The molecule has 0 spiro atoms. The van der Waals surface area contributed by atoms with Gasteiger partial charge in [0.05, 0.1) is 22.8 Å². The van der Waals surface area contributed by atoms with Gasteiger partial charge in [-0.15, -0.1) is 0 Å².